The third-order valence-electron chi connectivity index (χ3n) is 3.63. The van der Waals surface area contributed by atoms with Crippen molar-refractivity contribution in [3.05, 3.63) is 0 Å². The van der Waals surface area contributed by atoms with Gasteiger partial charge >= 0.3 is 0 Å². The van der Waals surface area contributed by atoms with Crippen LogP contribution < -0.4 is 10.6 Å². The molecule has 0 saturated carbocycles. The number of carbonyl (C=O) groups is 1. The molecule has 2 N–H and O–H groups in total. The van der Waals surface area contributed by atoms with Crippen molar-refractivity contribution in [2.24, 2.45) is 5.92 Å². The lowest BCUT2D eigenvalue weighted by atomic mass is 10.0. The average Bonchev–Trinajstić information content (AvgIpc) is 2.53. The van der Waals surface area contributed by atoms with E-state index in [9.17, 15) is 4.79 Å². The van der Waals surface area contributed by atoms with Gasteiger partial charge in [-0.1, -0.05) is 39.5 Å². The molecule has 1 aliphatic heterocycles. The average molecular weight is 254 g/mol. The van der Waals surface area contributed by atoms with E-state index in [4.69, 9.17) is 0 Å². The fourth-order valence-electron chi connectivity index (χ4n) is 2.44. The molecule has 1 fully saturated rings. The van der Waals surface area contributed by atoms with Crippen LogP contribution in [0, 0.1) is 5.92 Å². The quantitative estimate of drug-likeness (QED) is 0.654. The van der Waals surface area contributed by atoms with Crippen molar-refractivity contribution >= 4 is 5.91 Å². The minimum absolute atomic E-state index is 0.0585. The van der Waals surface area contributed by atoms with Crippen molar-refractivity contribution < 1.29 is 4.79 Å². The van der Waals surface area contributed by atoms with E-state index in [0.717, 1.165) is 38.3 Å². The summed E-state index contributed by atoms with van der Waals surface area (Å²) in [5.74, 6) is 1.03. The lowest BCUT2D eigenvalue weighted by molar-refractivity contribution is -0.122. The standard InChI is InChI=1S/C15H30N2O/c1-13(2)9-5-3-4-7-11-16-14-10-6-8-12-17-15(14)18/h13-14,16H,3-12H2,1-2H3,(H,17,18). The highest BCUT2D eigenvalue weighted by Gasteiger charge is 2.18. The van der Waals surface area contributed by atoms with Crippen LogP contribution in [0.1, 0.15) is 65.2 Å². The SMILES string of the molecule is CC(C)CCCCCCNC1CCCCNC1=O. The Kier molecular flexibility index (Phi) is 8.06. The molecule has 1 rings (SSSR count). The summed E-state index contributed by atoms with van der Waals surface area (Å²) < 4.78 is 0. The van der Waals surface area contributed by atoms with Crippen LogP contribution in [0.5, 0.6) is 0 Å². The Hall–Kier alpha value is -0.570. The van der Waals surface area contributed by atoms with E-state index in [1.807, 2.05) is 0 Å². The van der Waals surface area contributed by atoms with Gasteiger partial charge in [0.15, 0.2) is 0 Å². The molecule has 0 aromatic heterocycles. The van der Waals surface area contributed by atoms with Crippen LogP contribution in [-0.2, 0) is 4.79 Å². The first-order chi connectivity index (χ1) is 8.70. The van der Waals surface area contributed by atoms with Gasteiger partial charge in [-0.3, -0.25) is 4.79 Å². The van der Waals surface area contributed by atoms with Crippen molar-refractivity contribution in [3.8, 4) is 0 Å². The van der Waals surface area contributed by atoms with Crippen LogP contribution in [-0.4, -0.2) is 25.0 Å². The first-order valence-electron chi connectivity index (χ1n) is 7.71. The Morgan fingerprint density at radius 1 is 1.22 bits per heavy atom. The molecule has 18 heavy (non-hydrogen) atoms. The zero-order chi connectivity index (χ0) is 13.2. The van der Waals surface area contributed by atoms with Gasteiger partial charge < -0.3 is 10.6 Å². The van der Waals surface area contributed by atoms with Crippen molar-refractivity contribution in [1.29, 1.82) is 0 Å². The molecule has 0 aliphatic carbocycles. The summed E-state index contributed by atoms with van der Waals surface area (Å²) in [5.41, 5.74) is 0. The van der Waals surface area contributed by atoms with Gasteiger partial charge in [0.25, 0.3) is 0 Å². The maximum Gasteiger partial charge on any atom is 0.237 e. The second-order valence-corrected chi connectivity index (χ2v) is 5.89. The van der Waals surface area contributed by atoms with E-state index in [2.05, 4.69) is 24.5 Å². The fraction of sp³-hybridized carbons (Fsp3) is 0.933. The predicted octanol–water partition coefficient (Wildman–Crippen LogP) is 2.85. The van der Waals surface area contributed by atoms with Crippen molar-refractivity contribution in [2.75, 3.05) is 13.1 Å². The molecule has 3 nitrogen and oxygen atoms in total. The molecule has 1 amide bonds. The number of unbranched alkanes of at least 4 members (excludes halogenated alkanes) is 3. The van der Waals surface area contributed by atoms with Crippen molar-refractivity contribution in [1.82, 2.24) is 10.6 Å². The van der Waals surface area contributed by atoms with E-state index < -0.39 is 0 Å². The van der Waals surface area contributed by atoms with Gasteiger partial charge in [0.2, 0.25) is 5.91 Å². The molecule has 0 bridgehead atoms. The predicted molar refractivity (Wildman–Crippen MR) is 76.6 cm³/mol. The number of nitrogens with one attached hydrogen (secondary N) is 2. The Morgan fingerprint density at radius 3 is 2.78 bits per heavy atom. The molecule has 106 valence electrons. The zero-order valence-corrected chi connectivity index (χ0v) is 12.1. The summed E-state index contributed by atoms with van der Waals surface area (Å²) in [6.07, 6.45) is 9.79. The summed E-state index contributed by atoms with van der Waals surface area (Å²) >= 11 is 0. The highest BCUT2D eigenvalue weighted by atomic mass is 16.2. The molecule has 3 heteroatoms. The molecule has 0 radical (unpaired) electrons. The van der Waals surface area contributed by atoms with Gasteiger partial charge in [-0.2, -0.15) is 0 Å². The molecule has 1 atom stereocenters. The summed E-state index contributed by atoms with van der Waals surface area (Å²) in [7, 11) is 0. The lowest BCUT2D eigenvalue weighted by Gasteiger charge is -2.14. The van der Waals surface area contributed by atoms with E-state index in [1.54, 1.807) is 0 Å². The minimum atomic E-state index is 0.0585. The van der Waals surface area contributed by atoms with E-state index in [1.165, 1.54) is 32.1 Å². The Labute approximate surface area is 112 Å². The molecule has 0 aromatic carbocycles. The number of hydrogen-bond donors (Lipinski definition) is 2. The molecule has 1 saturated heterocycles. The third-order valence-corrected chi connectivity index (χ3v) is 3.63. The second-order valence-electron chi connectivity index (χ2n) is 5.89. The van der Waals surface area contributed by atoms with E-state index >= 15 is 0 Å². The topological polar surface area (TPSA) is 41.1 Å². The monoisotopic (exact) mass is 254 g/mol. The third kappa shape index (κ3) is 7.00. The van der Waals surface area contributed by atoms with Crippen molar-refractivity contribution in [2.45, 2.75) is 71.3 Å². The van der Waals surface area contributed by atoms with Gasteiger partial charge in [0, 0.05) is 6.54 Å². The number of hydrogen-bond acceptors (Lipinski definition) is 2. The Morgan fingerprint density at radius 2 is 2.00 bits per heavy atom. The molecule has 0 spiro atoms. The van der Waals surface area contributed by atoms with Crippen LogP contribution in [0.4, 0.5) is 0 Å². The Balaban J connectivity index is 1.98. The summed E-state index contributed by atoms with van der Waals surface area (Å²) in [4.78, 5) is 11.7. The fourth-order valence-corrected chi connectivity index (χ4v) is 2.44. The minimum Gasteiger partial charge on any atom is -0.355 e. The lowest BCUT2D eigenvalue weighted by Crippen LogP contribution is -2.43. The first-order valence-corrected chi connectivity index (χ1v) is 7.71. The first kappa shape index (κ1) is 15.5. The molecular weight excluding hydrogens is 224 g/mol. The number of carbonyl (C=O) groups excluding carboxylic acids is 1. The van der Waals surface area contributed by atoms with Crippen LogP contribution in [0.2, 0.25) is 0 Å². The molecule has 0 aromatic rings. The number of amides is 1. The molecule has 1 aliphatic rings. The van der Waals surface area contributed by atoms with E-state index in [0.29, 0.717) is 0 Å². The van der Waals surface area contributed by atoms with Crippen molar-refractivity contribution in [3.63, 3.8) is 0 Å². The van der Waals surface area contributed by atoms with Gasteiger partial charge in [-0.15, -0.1) is 0 Å². The van der Waals surface area contributed by atoms with Gasteiger partial charge in [0.1, 0.15) is 0 Å². The van der Waals surface area contributed by atoms with Gasteiger partial charge in [-0.05, 0) is 38.1 Å². The molecule has 1 heterocycles. The largest absolute Gasteiger partial charge is 0.355 e. The highest BCUT2D eigenvalue weighted by Crippen LogP contribution is 2.09. The second kappa shape index (κ2) is 9.37. The highest BCUT2D eigenvalue weighted by molar-refractivity contribution is 5.81. The molecular formula is C15H30N2O. The maximum atomic E-state index is 11.7. The molecule has 1 unspecified atom stereocenters. The number of rotatable bonds is 8. The van der Waals surface area contributed by atoms with Gasteiger partial charge in [-0.25, -0.2) is 0 Å². The smallest absolute Gasteiger partial charge is 0.237 e. The normalized spacial score (nSPS) is 20.8. The van der Waals surface area contributed by atoms with Crippen LogP contribution in [0.3, 0.4) is 0 Å². The Bertz CT molecular complexity index is 229. The summed E-state index contributed by atoms with van der Waals surface area (Å²) in [5, 5.41) is 6.37. The van der Waals surface area contributed by atoms with Crippen LogP contribution in [0.25, 0.3) is 0 Å². The van der Waals surface area contributed by atoms with Gasteiger partial charge in [0.05, 0.1) is 6.04 Å². The summed E-state index contributed by atoms with van der Waals surface area (Å²) in [6, 6.07) is 0.0585. The van der Waals surface area contributed by atoms with Crippen LogP contribution >= 0.6 is 0 Å². The summed E-state index contributed by atoms with van der Waals surface area (Å²) in [6.45, 7) is 6.41. The van der Waals surface area contributed by atoms with Crippen LogP contribution in [0.15, 0.2) is 0 Å². The zero-order valence-electron chi connectivity index (χ0n) is 12.1. The van der Waals surface area contributed by atoms with E-state index in [-0.39, 0.29) is 11.9 Å². The maximum absolute atomic E-state index is 11.7.